The van der Waals surface area contributed by atoms with Gasteiger partial charge in [0, 0.05) is 10.0 Å². The highest BCUT2D eigenvalue weighted by Crippen LogP contribution is 2.29. The van der Waals surface area contributed by atoms with E-state index in [1.54, 1.807) is 6.20 Å². The van der Waals surface area contributed by atoms with Gasteiger partial charge in [-0.1, -0.05) is 18.5 Å². The molecule has 3 nitrogen and oxygen atoms in total. The van der Waals surface area contributed by atoms with E-state index in [9.17, 15) is 0 Å². The van der Waals surface area contributed by atoms with E-state index in [1.165, 1.54) is 0 Å². The molecule has 5 heteroatoms. The van der Waals surface area contributed by atoms with E-state index in [2.05, 4.69) is 33.2 Å². The molecule has 0 atom stereocenters. The minimum absolute atomic E-state index is 0.655. The van der Waals surface area contributed by atoms with Gasteiger partial charge in [-0.15, -0.1) is 0 Å². The highest BCUT2D eigenvalue weighted by atomic mass is 79.9. The molecule has 1 heterocycles. The molecule has 96 valence electrons. The molecule has 0 aliphatic rings. The molecular formula is C13H14BrClN2O. The molecule has 0 bridgehead atoms. The quantitative estimate of drug-likeness (QED) is 0.833. The van der Waals surface area contributed by atoms with Crippen LogP contribution >= 0.6 is 27.5 Å². The number of nitrogens with one attached hydrogen (secondary N) is 1. The number of hydrogen-bond acceptors (Lipinski definition) is 3. The van der Waals surface area contributed by atoms with Gasteiger partial charge in [0.25, 0.3) is 0 Å². The van der Waals surface area contributed by atoms with Crippen molar-refractivity contribution in [2.45, 2.75) is 19.9 Å². The first-order valence-corrected chi connectivity index (χ1v) is 6.98. The number of benzene rings is 1. The van der Waals surface area contributed by atoms with Gasteiger partial charge in [0.15, 0.2) is 5.76 Å². The van der Waals surface area contributed by atoms with Crippen LogP contribution in [0.15, 0.2) is 33.3 Å². The molecule has 0 unspecified atom stereocenters. The molecule has 1 aromatic carbocycles. The molecule has 0 saturated carbocycles. The lowest BCUT2D eigenvalue weighted by Gasteiger charge is -2.00. The number of nitrogens with zero attached hydrogens (tertiary/aromatic N) is 1. The summed E-state index contributed by atoms with van der Waals surface area (Å²) in [5, 5.41) is 3.93. The van der Waals surface area contributed by atoms with Crippen molar-refractivity contribution in [1.82, 2.24) is 10.3 Å². The fraction of sp³-hybridized carbons (Fsp3) is 0.308. The van der Waals surface area contributed by atoms with Gasteiger partial charge < -0.3 is 9.73 Å². The average molecular weight is 330 g/mol. The summed E-state index contributed by atoms with van der Waals surface area (Å²) in [5.74, 6) is 1.45. The largest absolute Gasteiger partial charge is 0.439 e. The van der Waals surface area contributed by atoms with Gasteiger partial charge in [-0.2, -0.15) is 0 Å². The second kappa shape index (κ2) is 6.36. The lowest BCUT2D eigenvalue weighted by molar-refractivity contribution is 0.478. The Morgan fingerprint density at radius 1 is 1.44 bits per heavy atom. The number of hydrogen-bond donors (Lipinski definition) is 1. The summed E-state index contributed by atoms with van der Waals surface area (Å²) in [6.45, 7) is 3.74. The van der Waals surface area contributed by atoms with Crippen LogP contribution in [-0.4, -0.2) is 11.5 Å². The molecule has 2 aromatic rings. The molecule has 0 spiro atoms. The van der Waals surface area contributed by atoms with E-state index in [0.29, 0.717) is 17.5 Å². The summed E-state index contributed by atoms with van der Waals surface area (Å²) >= 11 is 9.35. The topological polar surface area (TPSA) is 38.1 Å². The van der Waals surface area contributed by atoms with Crippen LogP contribution in [0.2, 0.25) is 5.02 Å². The molecule has 0 aliphatic carbocycles. The maximum absolute atomic E-state index is 5.95. The van der Waals surface area contributed by atoms with Crippen molar-refractivity contribution in [3.05, 3.63) is 39.8 Å². The maximum Gasteiger partial charge on any atom is 0.208 e. The van der Waals surface area contributed by atoms with Crippen LogP contribution in [0.1, 0.15) is 19.2 Å². The summed E-state index contributed by atoms with van der Waals surface area (Å²) in [6.07, 6.45) is 2.83. The van der Waals surface area contributed by atoms with Crippen LogP contribution in [-0.2, 0) is 6.54 Å². The number of halogens is 2. The van der Waals surface area contributed by atoms with Crippen LogP contribution in [0.25, 0.3) is 11.3 Å². The molecule has 0 saturated heterocycles. The average Bonchev–Trinajstić information content (AvgIpc) is 2.82. The van der Waals surface area contributed by atoms with Crippen molar-refractivity contribution in [2.24, 2.45) is 0 Å². The van der Waals surface area contributed by atoms with Gasteiger partial charge in [-0.25, -0.2) is 4.98 Å². The fourth-order valence-electron chi connectivity index (χ4n) is 1.55. The minimum atomic E-state index is 0.655. The molecule has 0 fully saturated rings. The Bertz CT molecular complexity index is 527. The van der Waals surface area contributed by atoms with E-state index in [4.69, 9.17) is 16.0 Å². The predicted octanol–water partition coefficient (Wildman–Crippen LogP) is 4.26. The van der Waals surface area contributed by atoms with E-state index < -0.39 is 0 Å². The van der Waals surface area contributed by atoms with Crippen molar-refractivity contribution in [3.63, 3.8) is 0 Å². The van der Waals surface area contributed by atoms with Crippen molar-refractivity contribution in [3.8, 4) is 11.3 Å². The van der Waals surface area contributed by atoms with Gasteiger partial charge in [-0.3, -0.25) is 0 Å². The van der Waals surface area contributed by atoms with Gasteiger partial charge in [0.1, 0.15) is 0 Å². The van der Waals surface area contributed by atoms with Crippen molar-refractivity contribution < 1.29 is 4.42 Å². The Hall–Kier alpha value is -0.840. The smallest absolute Gasteiger partial charge is 0.208 e. The zero-order chi connectivity index (χ0) is 13.0. The van der Waals surface area contributed by atoms with Gasteiger partial charge >= 0.3 is 0 Å². The normalized spacial score (nSPS) is 10.8. The molecule has 0 amide bonds. The summed E-state index contributed by atoms with van der Waals surface area (Å²) in [5.41, 5.74) is 0.959. The van der Waals surface area contributed by atoms with E-state index in [-0.39, 0.29) is 0 Å². The predicted molar refractivity (Wildman–Crippen MR) is 76.6 cm³/mol. The molecule has 18 heavy (non-hydrogen) atoms. The van der Waals surface area contributed by atoms with Gasteiger partial charge in [0.2, 0.25) is 5.89 Å². The summed E-state index contributed by atoms with van der Waals surface area (Å²) < 4.78 is 6.52. The third kappa shape index (κ3) is 3.34. The second-order valence-electron chi connectivity index (χ2n) is 3.92. The summed E-state index contributed by atoms with van der Waals surface area (Å²) in [4.78, 5) is 4.24. The van der Waals surface area contributed by atoms with Crippen LogP contribution in [0.3, 0.4) is 0 Å². The minimum Gasteiger partial charge on any atom is -0.439 e. The first-order chi connectivity index (χ1) is 8.70. The summed E-state index contributed by atoms with van der Waals surface area (Å²) in [7, 11) is 0. The first-order valence-electron chi connectivity index (χ1n) is 5.81. The zero-order valence-corrected chi connectivity index (χ0v) is 12.4. The molecule has 1 aromatic heterocycles. The van der Waals surface area contributed by atoms with Crippen LogP contribution in [0, 0.1) is 0 Å². The zero-order valence-electron chi connectivity index (χ0n) is 10.0. The third-order valence-electron chi connectivity index (χ3n) is 2.46. The Balaban J connectivity index is 2.11. The Labute approximate surface area is 120 Å². The Kier molecular flexibility index (Phi) is 4.80. The molecular weight excluding hydrogens is 316 g/mol. The molecule has 1 N–H and O–H groups in total. The van der Waals surface area contributed by atoms with Crippen molar-refractivity contribution in [2.75, 3.05) is 6.54 Å². The number of rotatable bonds is 5. The van der Waals surface area contributed by atoms with Crippen molar-refractivity contribution >= 4 is 27.5 Å². The highest BCUT2D eigenvalue weighted by molar-refractivity contribution is 9.10. The fourth-order valence-corrected chi connectivity index (χ4v) is 2.04. The lowest BCUT2D eigenvalue weighted by Crippen LogP contribution is -2.13. The molecule has 0 radical (unpaired) electrons. The standard InChI is InChI=1S/C13H14BrClN2O/c1-2-5-16-8-13-17-7-12(18-13)9-3-4-11(15)10(14)6-9/h3-4,6-7,16H,2,5,8H2,1H3. The number of oxazole rings is 1. The monoisotopic (exact) mass is 328 g/mol. The second-order valence-corrected chi connectivity index (χ2v) is 5.19. The first kappa shape index (κ1) is 13.6. The lowest BCUT2D eigenvalue weighted by atomic mass is 10.2. The van der Waals surface area contributed by atoms with Crippen LogP contribution < -0.4 is 5.32 Å². The number of aromatic nitrogens is 1. The van der Waals surface area contributed by atoms with Crippen molar-refractivity contribution in [1.29, 1.82) is 0 Å². The molecule has 0 aliphatic heterocycles. The SMILES string of the molecule is CCCNCc1ncc(-c2ccc(Cl)c(Br)c2)o1. The van der Waals surface area contributed by atoms with Gasteiger partial charge in [0.05, 0.1) is 17.8 Å². The molecule has 2 rings (SSSR count). The Morgan fingerprint density at radius 3 is 3.00 bits per heavy atom. The Morgan fingerprint density at radius 2 is 2.28 bits per heavy atom. The third-order valence-corrected chi connectivity index (χ3v) is 3.67. The van der Waals surface area contributed by atoms with E-state index >= 15 is 0 Å². The van der Waals surface area contributed by atoms with Gasteiger partial charge in [-0.05, 0) is 47.1 Å². The van der Waals surface area contributed by atoms with E-state index in [1.807, 2.05) is 18.2 Å². The maximum atomic E-state index is 5.95. The van der Waals surface area contributed by atoms with Crippen LogP contribution in [0.5, 0.6) is 0 Å². The summed E-state index contributed by atoms with van der Waals surface area (Å²) in [6, 6.07) is 5.67. The highest BCUT2D eigenvalue weighted by Gasteiger charge is 2.07. The van der Waals surface area contributed by atoms with E-state index in [0.717, 1.165) is 28.8 Å². The van der Waals surface area contributed by atoms with Crippen LogP contribution in [0.4, 0.5) is 0 Å².